The molecule has 1 amide bonds. The number of benzene rings is 1. The van der Waals surface area contributed by atoms with Crippen LogP contribution in [0.3, 0.4) is 0 Å². The van der Waals surface area contributed by atoms with E-state index in [9.17, 15) is 9.90 Å². The van der Waals surface area contributed by atoms with Crippen molar-refractivity contribution in [3.8, 4) is 0 Å². The molecule has 2 aliphatic heterocycles. The first-order chi connectivity index (χ1) is 11.5. The Morgan fingerprint density at radius 1 is 1.08 bits per heavy atom. The van der Waals surface area contributed by atoms with Crippen molar-refractivity contribution in [1.82, 2.24) is 9.80 Å². The minimum absolute atomic E-state index is 0.189. The van der Waals surface area contributed by atoms with E-state index in [0.717, 1.165) is 39.1 Å². The first-order valence-corrected chi connectivity index (χ1v) is 9.04. The van der Waals surface area contributed by atoms with E-state index in [0.29, 0.717) is 19.5 Å². The number of aryl methyl sites for hydroxylation is 1. The first kappa shape index (κ1) is 17.2. The van der Waals surface area contributed by atoms with Crippen LogP contribution in [-0.4, -0.2) is 72.7 Å². The Labute approximate surface area is 144 Å². The van der Waals surface area contributed by atoms with E-state index in [2.05, 4.69) is 41.8 Å². The van der Waals surface area contributed by atoms with Gasteiger partial charge in [-0.05, 0) is 37.5 Å². The zero-order chi connectivity index (χ0) is 17.1. The fourth-order valence-electron chi connectivity index (χ4n) is 3.76. The van der Waals surface area contributed by atoms with E-state index in [1.54, 1.807) is 4.90 Å². The van der Waals surface area contributed by atoms with E-state index in [4.69, 9.17) is 0 Å². The summed E-state index contributed by atoms with van der Waals surface area (Å²) in [7, 11) is 0. The molecule has 5 heteroatoms. The number of nitrogens with zero attached hydrogens (tertiary/aromatic N) is 3. The summed E-state index contributed by atoms with van der Waals surface area (Å²) < 4.78 is 0. The molecule has 2 aliphatic rings. The Bertz CT molecular complexity index is 582. The molecule has 2 saturated heterocycles. The Hall–Kier alpha value is -1.59. The average Bonchev–Trinajstić information content (AvgIpc) is 2.96. The van der Waals surface area contributed by atoms with E-state index < -0.39 is 6.10 Å². The van der Waals surface area contributed by atoms with Gasteiger partial charge in [-0.2, -0.15) is 0 Å². The van der Waals surface area contributed by atoms with Gasteiger partial charge in [0.15, 0.2) is 0 Å². The van der Waals surface area contributed by atoms with E-state index >= 15 is 0 Å². The standard InChI is InChI=1S/C19H29N3O2/c1-15-5-3-6-18(16(15)2)21-11-9-20(10-12-21)13-17(23)14-22-8-4-7-19(22)24/h3,5-6,17,23H,4,7-14H2,1-2H3. The highest BCUT2D eigenvalue weighted by Gasteiger charge is 2.25. The van der Waals surface area contributed by atoms with Gasteiger partial charge in [0.25, 0.3) is 0 Å². The lowest BCUT2D eigenvalue weighted by Gasteiger charge is -2.38. The second-order valence-corrected chi connectivity index (χ2v) is 7.10. The Morgan fingerprint density at radius 3 is 2.50 bits per heavy atom. The number of likely N-dealkylation sites (tertiary alicyclic amines) is 1. The molecular formula is C19H29N3O2. The maximum absolute atomic E-state index is 11.7. The third kappa shape index (κ3) is 3.90. The van der Waals surface area contributed by atoms with Crippen LogP contribution in [0.5, 0.6) is 0 Å². The number of rotatable bonds is 5. The molecule has 0 aliphatic carbocycles. The molecule has 2 fully saturated rings. The van der Waals surface area contributed by atoms with Gasteiger partial charge in [-0.1, -0.05) is 12.1 Å². The monoisotopic (exact) mass is 331 g/mol. The highest BCUT2D eigenvalue weighted by molar-refractivity contribution is 5.78. The largest absolute Gasteiger partial charge is 0.390 e. The van der Waals surface area contributed by atoms with Crippen LogP contribution in [0, 0.1) is 13.8 Å². The van der Waals surface area contributed by atoms with E-state index in [1.807, 2.05) is 0 Å². The van der Waals surface area contributed by atoms with Gasteiger partial charge in [-0.15, -0.1) is 0 Å². The molecule has 132 valence electrons. The fraction of sp³-hybridized carbons (Fsp3) is 0.632. The van der Waals surface area contributed by atoms with Gasteiger partial charge in [0.05, 0.1) is 6.10 Å². The van der Waals surface area contributed by atoms with E-state index in [-0.39, 0.29) is 5.91 Å². The number of carbonyl (C=O) groups excluding carboxylic acids is 1. The van der Waals surface area contributed by atoms with Crippen molar-refractivity contribution >= 4 is 11.6 Å². The van der Waals surface area contributed by atoms with Gasteiger partial charge in [-0.3, -0.25) is 9.69 Å². The van der Waals surface area contributed by atoms with Crippen LogP contribution in [-0.2, 0) is 4.79 Å². The third-order valence-corrected chi connectivity index (χ3v) is 5.36. The second-order valence-electron chi connectivity index (χ2n) is 7.10. The van der Waals surface area contributed by atoms with Gasteiger partial charge in [0, 0.05) is 57.9 Å². The molecular weight excluding hydrogens is 302 g/mol. The van der Waals surface area contributed by atoms with Crippen LogP contribution in [0.25, 0.3) is 0 Å². The number of hydrogen-bond donors (Lipinski definition) is 1. The molecule has 0 aromatic heterocycles. The molecule has 2 heterocycles. The summed E-state index contributed by atoms with van der Waals surface area (Å²) in [4.78, 5) is 18.2. The van der Waals surface area contributed by atoms with Crippen LogP contribution in [0.2, 0.25) is 0 Å². The third-order valence-electron chi connectivity index (χ3n) is 5.36. The molecule has 0 bridgehead atoms. The van der Waals surface area contributed by atoms with Gasteiger partial charge >= 0.3 is 0 Å². The molecule has 5 nitrogen and oxygen atoms in total. The average molecular weight is 331 g/mol. The predicted molar refractivity (Wildman–Crippen MR) is 96.4 cm³/mol. The Balaban J connectivity index is 1.48. The van der Waals surface area contributed by atoms with Gasteiger partial charge in [0.1, 0.15) is 0 Å². The number of aliphatic hydroxyl groups is 1. The number of piperazine rings is 1. The highest BCUT2D eigenvalue weighted by atomic mass is 16.3. The van der Waals surface area contributed by atoms with Crippen LogP contribution >= 0.6 is 0 Å². The number of hydrogen-bond acceptors (Lipinski definition) is 4. The maximum Gasteiger partial charge on any atom is 0.222 e. The van der Waals surface area contributed by atoms with Gasteiger partial charge in [0.2, 0.25) is 5.91 Å². The smallest absolute Gasteiger partial charge is 0.222 e. The second kappa shape index (κ2) is 7.53. The zero-order valence-electron chi connectivity index (χ0n) is 14.9. The van der Waals surface area contributed by atoms with Crippen molar-refractivity contribution in [3.63, 3.8) is 0 Å². The summed E-state index contributed by atoms with van der Waals surface area (Å²) in [6.07, 6.45) is 1.13. The quantitative estimate of drug-likeness (QED) is 0.886. The SMILES string of the molecule is Cc1cccc(N2CCN(CC(O)CN3CCCC3=O)CC2)c1C. The first-order valence-electron chi connectivity index (χ1n) is 9.04. The minimum atomic E-state index is -0.445. The number of β-amino-alcohol motifs (C(OH)–C–C–N with tert-alkyl or cyclic N) is 1. The maximum atomic E-state index is 11.7. The van der Waals surface area contributed by atoms with Crippen molar-refractivity contribution in [2.45, 2.75) is 32.8 Å². The lowest BCUT2D eigenvalue weighted by molar-refractivity contribution is -0.129. The van der Waals surface area contributed by atoms with Crippen LogP contribution in [0.15, 0.2) is 18.2 Å². The molecule has 1 atom stereocenters. The van der Waals surface area contributed by atoms with Gasteiger partial charge < -0.3 is 14.9 Å². The summed E-state index contributed by atoms with van der Waals surface area (Å²) in [6, 6.07) is 6.48. The van der Waals surface area contributed by atoms with Crippen molar-refractivity contribution in [1.29, 1.82) is 0 Å². The van der Waals surface area contributed by atoms with Crippen molar-refractivity contribution in [2.24, 2.45) is 0 Å². The molecule has 0 spiro atoms. The van der Waals surface area contributed by atoms with Crippen LogP contribution < -0.4 is 4.90 Å². The minimum Gasteiger partial charge on any atom is -0.390 e. The molecule has 1 unspecified atom stereocenters. The lowest BCUT2D eigenvalue weighted by atomic mass is 10.1. The van der Waals surface area contributed by atoms with Crippen LogP contribution in [0.4, 0.5) is 5.69 Å². The van der Waals surface area contributed by atoms with Crippen molar-refractivity contribution in [3.05, 3.63) is 29.3 Å². The summed E-state index contributed by atoms with van der Waals surface area (Å²) in [6.45, 7) is 10.2. The number of carbonyl (C=O) groups is 1. The normalized spacial score (nSPS) is 20.7. The fourth-order valence-corrected chi connectivity index (χ4v) is 3.76. The molecule has 0 radical (unpaired) electrons. The predicted octanol–water partition coefficient (Wildman–Crippen LogP) is 1.41. The molecule has 1 aromatic carbocycles. The lowest BCUT2D eigenvalue weighted by Crippen LogP contribution is -2.50. The summed E-state index contributed by atoms with van der Waals surface area (Å²) >= 11 is 0. The van der Waals surface area contributed by atoms with E-state index in [1.165, 1.54) is 16.8 Å². The number of aliphatic hydroxyl groups excluding tert-OH is 1. The summed E-state index contributed by atoms with van der Waals surface area (Å²) in [5.74, 6) is 0.189. The topological polar surface area (TPSA) is 47.0 Å². The Morgan fingerprint density at radius 2 is 1.83 bits per heavy atom. The molecule has 24 heavy (non-hydrogen) atoms. The number of anilines is 1. The molecule has 1 N–H and O–H groups in total. The zero-order valence-corrected chi connectivity index (χ0v) is 14.9. The highest BCUT2D eigenvalue weighted by Crippen LogP contribution is 2.23. The molecule has 0 saturated carbocycles. The molecule has 3 rings (SSSR count). The van der Waals surface area contributed by atoms with Gasteiger partial charge in [-0.25, -0.2) is 0 Å². The summed E-state index contributed by atoms with van der Waals surface area (Å²) in [5, 5.41) is 10.3. The molecule has 1 aromatic rings. The Kier molecular flexibility index (Phi) is 5.41. The van der Waals surface area contributed by atoms with Crippen LogP contribution in [0.1, 0.15) is 24.0 Å². The summed E-state index contributed by atoms with van der Waals surface area (Å²) in [5.41, 5.74) is 4.03. The number of amides is 1. The van der Waals surface area contributed by atoms with Crippen molar-refractivity contribution < 1.29 is 9.90 Å². The van der Waals surface area contributed by atoms with Crippen molar-refractivity contribution in [2.75, 3.05) is 50.7 Å².